The lowest BCUT2D eigenvalue weighted by atomic mass is 10.2. The zero-order valence-corrected chi connectivity index (χ0v) is 12.3. The third kappa shape index (κ3) is 2.89. The van der Waals surface area contributed by atoms with Gasteiger partial charge in [0, 0.05) is 12.5 Å². The van der Waals surface area contributed by atoms with Crippen LogP contribution >= 0.6 is 11.8 Å². The standard InChI is InChI=1S/C15H17N3OS/c1-9-3-5-12-13(7-9)18-15(17-12)20-14-6-4-11(19-14)8-10(2)16/h3-7,10H,8,16H2,1-2H3,(H,17,18). The van der Waals surface area contributed by atoms with E-state index in [1.807, 2.05) is 25.1 Å². The molecule has 0 fully saturated rings. The Hall–Kier alpha value is -1.72. The quantitative estimate of drug-likeness (QED) is 0.770. The van der Waals surface area contributed by atoms with Gasteiger partial charge in [0.2, 0.25) is 0 Å². The Balaban J connectivity index is 1.80. The molecule has 104 valence electrons. The molecule has 5 heteroatoms. The molecular formula is C15H17N3OS. The number of fused-ring (bicyclic) bond motifs is 1. The third-order valence-electron chi connectivity index (χ3n) is 2.97. The molecule has 1 aromatic carbocycles. The van der Waals surface area contributed by atoms with Gasteiger partial charge in [-0.05, 0) is 55.4 Å². The molecule has 3 N–H and O–H groups in total. The Morgan fingerprint density at radius 3 is 3.00 bits per heavy atom. The smallest absolute Gasteiger partial charge is 0.174 e. The molecule has 0 aliphatic rings. The van der Waals surface area contributed by atoms with Gasteiger partial charge in [-0.15, -0.1) is 0 Å². The zero-order chi connectivity index (χ0) is 14.1. The van der Waals surface area contributed by atoms with Gasteiger partial charge >= 0.3 is 0 Å². The molecular weight excluding hydrogens is 270 g/mol. The number of nitrogens with one attached hydrogen (secondary N) is 1. The number of furan rings is 1. The second-order valence-electron chi connectivity index (χ2n) is 5.07. The van der Waals surface area contributed by atoms with Crippen molar-refractivity contribution in [1.29, 1.82) is 0 Å². The maximum atomic E-state index is 5.77. The van der Waals surface area contributed by atoms with E-state index in [4.69, 9.17) is 10.2 Å². The van der Waals surface area contributed by atoms with Gasteiger partial charge in [-0.25, -0.2) is 4.98 Å². The number of hydrogen-bond donors (Lipinski definition) is 2. The van der Waals surface area contributed by atoms with Gasteiger partial charge in [0.15, 0.2) is 10.2 Å². The Bertz CT molecular complexity index is 730. The lowest BCUT2D eigenvalue weighted by Crippen LogP contribution is -2.17. The summed E-state index contributed by atoms with van der Waals surface area (Å²) in [7, 11) is 0. The fraction of sp³-hybridized carbons (Fsp3) is 0.267. The van der Waals surface area contributed by atoms with Gasteiger partial charge in [0.1, 0.15) is 5.76 Å². The maximum Gasteiger partial charge on any atom is 0.174 e. The van der Waals surface area contributed by atoms with Gasteiger partial charge < -0.3 is 15.1 Å². The van der Waals surface area contributed by atoms with E-state index in [1.165, 1.54) is 17.3 Å². The van der Waals surface area contributed by atoms with E-state index in [1.54, 1.807) is 0 Å². The summed E-state index contributed by atoms with van der Waals surface area (Å²) >= 11 is 1.49. The van der Waals surface area contributed by atoms with Crippen molar-refractivity contribution in [1.82, 2.24) is 9.97 Å². The van der Waals surface area contributed by atoms with Crippen LogP contribution in [-0.4, -0.2) is 16.0 Å². The van der Waals surface area contributed by atoms with Crippen LogP contribution in [0, 0.1) is 6.92 Å². The van der Waals surface area contributed by atoms with Crippen molar-refractivity contribution in [3.63, 3.8) is 0 Å². The number of aromatic nitrogens is 2. The van der Waals surface area contributed by atoms with Gasteiger partial charge in [-0.1, -0.05) is 6.07 Å². The highest BCUT2D eigenvalue weighted by Crippen LogP contribution is 2.29. The molecule has 2 aromatic heterocycles. The molecule has 3 rings (SSSR count). The monoisotopic (exact) mass is 287 g/mol. The van der Waals surface area contributed by atoms with E-state index in [0.29, 0.717) is 0 Å². The summed E-state index contributed by atoms with van der Waals surface area (Å²) in [5.41, 5.74) is 9.01. The number of hydrogen-bond acceptors (Lipinski definition) is 4. The first-order chi connectivity index (χ1) is 9.60. The van der Waals surface area contributed by atoms with Gasteiger partial charge in [-0.3, -0.25) is 0 Å². The first kappa shape index (κ1) is 13.3. The average molecular weight is 287 g/mol. The molecule has 0 amide bonds. The van der Waals surface area contributed by atoms with Crippen LogP contribution in [0.3, 0.4) is 0 Å². The summed E-state index contributed by atoms with van der Waals surface area (Å²) in [6.45, 7) is 4.04. The van der Waals surface area contributed by atoms with Crippen LogP contribution in [0.25, 0.3) is 11.0 Å². The second-order valence-corrected chi connectivity index (χ2v) is 6.06. The van der Waals surface area contributed by atoms with E-state index in [0.717, 1.165) is 33.5 Å². The maximum absolute atomic E-state index is 5.77. The fourth-order valence-electron chi connectivity index (χ4n) is 2.08. The highest BCUT2D eigenvalue weighted by Gasteiger charge is 2.09. The van der Waals surface area contributed by atoms with Crippen molar-refractivity contribution in [3.8, 4) is 0 Å². The van der Waals surface area contributed by atoms with E-state index in [2.05, 4.69) is 29.0 Å². The summed E-state index contributed by atoms with van der Waals surface area (Å²) in [6.07, 6.45) is 0.750. The zero-order valence-electron chi connectivity index (χ0n) is 11.5. The van der Waals surface area contributed by atoms with Crippen LogP contribution in [0.4, 0.5) is 0 Å². The first-order valence-electron chi connectivity index (χ1n) is 6.58. The number of imidazole rings is 1. The van der Waals surface area contributed by atoms with Crippen molar-refractivity contribution < 1.29 is 4.42 Å². The Morgan fingerprint density at radius 1 is 1.35 bits per heavy atom. The molecule has 20 heavy (non-hydrogen) atoms. The van der Waals surface area contributed by atoms with Crippen molar-refractivity contribution in [2.75, 3.05) is 0 Å². The summed E-state index contributed by atoms with van der Waals surface area (Å²) in [5.74, 6) is 0.912. The van der Waals surface area contributed by atoms with E-state index in [-0.39, 0.29) is 6.04 Å². The van der Waals surface area contributed by atoms with Gasteiger partial charge in [0.25, 0.3) is 0 Å². The molecule has 0 aliphatic heterocycles. The largest absolute Gasteiger partial charge is 0.454 e. The number of nitrogens with zero attached hydrogens (tertiary/aromatic N) is 1. The van der Waals surface area contributed by atoms with Crippen LogP contribution in [0.2, 0.25) is 0 Å². The van der Waals surface area contributed by atoms with Crippen LogP contribution in [0.1, 0.15) is 18.2 Å². The fourth-order valence-corrected chi connectivity index (χ4v) is 2.86. The van der Waals surface area contributed by atoms with Gasteiger partial charge in [-0.2, -0.15) is 0 Å². The highest BCUT2D eigenvalue weighted by molar-refractivity contribution is 7.99. The van der Waals surface area contributed by atoms with Crippen LogP contribution in [-0.2, 0) is 6.42 Å². The van der Waals surface area contributed by atoms with Crippen molar-refractivity contribution in [2.45, 2.75) is 36.6 Å². The van der Waals surface area contributed by atoms with Gasteiger partial charge in [0.05, 0.1) is 11.0 Å². The summed E-state index contributed by atoms with van der Waals surface area (Å²) in [5, 5.41) is 1.67. The third-order valence-corrected chi connectivity index (χ3v) is 3.78. The molecule has 4 nitrogen and oxygen atoms in total. The molecule has 0 bridgehead atoms. The first-order valence-corrected chi connectivity index (χ1v) is 7.40. The lowest BCUT2D eigenvalue weighted by molar-refractivity contribution is 0.421. The number of rotatable bonds is 4. The Labute approximate surface area is 121 Å². The molecule has 0 saturated heterocycles. The normalized spacial score (nSPS) is 12.9. The number of aromatic amines is 1. The minimum absolute atomic E-state index is 0.105. The molecule has 0 radical (unpaired) electrons. The van der Waals surface area contributed by atoms with Crippen LogP contribution < -0.4 is 5.73 Å². The van der Waals surface area contributed by atoms with E-state index >= 15 is 0 Å². The summed E-state index contributed by atoms with van der Waals surface area (Å²) in [6, 6.07) is 10.2. The van der Waals surface area contributed by atoms with Crippen molar-refractivity contribution in [2.24, 2.45) is 5.73 Å². The van der Waals surface area contributed by atoms with E-state index < -0.39 is 0 Å². The minimum Gasteiger partial charge on any atom is -0.454 e. The Kier molecular flexibility index (Phi) is 3.54. The summed E-state index contributed by atoms with van der Waals surface area (Å²) in [4.78, 5) is 7.84. The summed E-state index contributed by atoms with van der Waals surface area (Å²) < 4.78 is 5.74. The molecule has 0 saturated carbocycles. The van der Waals surface area contributed by atoms with Crippen molar-refractivity contribution >= 4 is 22.8 Å². The number of H-pyrrole nitrogens is 1. The number of benzene rings is 1. The molecule has 0 aliphatic carbocycles. The van der Waals surface area contributed by atoms with Crippen LogP contribution in [0.15, 0.2) is 45.0 Å². The topological polar surface area (TPSA) is 67.8 Å². The Morgan fingerprint density at radius 2 is 2.20 bits per heavy atom. The highest BCUT2D eigenvalue weighted by atomic mass is 32.2. The molecule has 1 unspecified atom stereocenters. The SMILES string of the molecule is Cc1ccc2nc(Sc3ccc(CC(C)N)o3)[nH]c2c1. The molecule has 1 atom stereocenters. The molecule has 3 aromatic rings. The van der Waals surface area contributed by atoms with E-state index in [9.17, 15) is 0 Å². The minimum atomic E-state index is 0.105. The van der Waals surface area contributed by atoms with Crippen molar-refractivity contribution in [3.05, 3.63) is 41.7 Å². The predicted octanol–water partition coefficient (Wildman–Crippen LogP) is 3.51. The average Bonchev–Trinajstić information content (AvgIpc) is 2.95. The number of nitrogens with two attached hydrogens (primary N) is 1. The molecule has 2 heterocycles. The number of aryl methyl sites for hydroxylation is 1. The van der Waals surface area contributed by atoms with Crippen LogP contribution in [0.5, 0.6) is 0 Å². The second kappa shape index (κ2) is 5.34. The predicted molar refractivity (Wildman–Crippen MR) is 81.0 cm³/mol. The molecule has 0 spiro atoms. The lowest BCUT2D eigenvalue weighted by Gasteiger charge is -1.99.